The summed E-state index contributed by atoms with van der Waals surface area (Å²) >= 11 is 0. The van der Waals surface area contributed by atoms with Gasteiger partial charge in [-0.2, -0.15) is 10.4 Å². The Hall–Kier alpha value is -4.32. The van der Waals surface area contributed by atoms with Gasteiger partial charge in [-0.1, -0.05) is 12.1 Å². The molecule has 1 fully saturated rings. The third kappa shape index (κ3) is 3.13. The number of piperidine rings is 1. The highest BCUT2D eigenvalue weighted by molar-refractivity contribution is 6.05. The number of amides is 3. The van der Waals surface area contributed by atoms with Crippen LogP contribution in [-0.4, -0.2) is 43.4 Å². The van der Waals surface area contributed by atoms with Crippen molar-refractivity contribution in [2.75, 3.05) is 0 Å². The van der Waals surface area contributed by atoms with Crippen molar-refractivity contribution in [1.29, 1.82) is 5.26 Å². The van der Waals surface area contributed by atoms with Gasteiger partial charge in [0, 0.05) is 31.1 Å². The molecule has 2 aromatic heterocycles. The molecule has 1 atom stereocenters. The molecule has 3 aromatic rings. The Morgan fingerprint density at radius 3 is 2.78 bits per heavy atom. The average molecular weight is 426 g/mol. The molecule has 2 aliphatic rings. The van der Waals surface area contributed by atoms with Gasteiger partial charge in [-0.15, -0.1) is 0 Å². The van der Waals surface area contributed by atoms with E-state index in [1.807, 2.05) is 18.2 Å². The molecule has 0 unspecified atom stereocenters. The molecular weight excluding hydrogens is 408 g/mol. The molecule has 158 valence electrons. The molecule has 32 heavy (non-hydrogen) atoms. The molecule has 3 amide bonds. The number of benzene rings is 1. The van der Waals surface area contributed by atoms with Crippen LogP contribution < -0.4 is 5.32 Å². The first-order valence-corrected chi connectivity index (χ1v) is 10.1. The molecular formula is C23H18N6O3. The van der Waals surface area contributed by atoms with Crippen LogP contribution in [0, 0.1) is 11.3 Å². The van der Waals surface area contributed by atoms with Gasteiger partial charge in [-0.05, 0) is 41.8 Å². The van der Waals surface area contributed by atoms with Gasteiger partial charge in [-0.25, -0.2) is 4.98 Å². The molecule has 1 aromatic carbocycles. The zero-order chi connectivity index (χ0) is 22.4. The van der Waals surface area contributed by atoms with Crippen molar-refractivity contribution in [2.24, 2.45) is 7.05 Å². The highest BCUT2D eigenvalue weighted by Crippen LogP contribution is 2.35. The Balaban J connectivity index is 1.50. The molecule has 0 saturated carbocycles. The van der Waals surface area contributed by atoms with Gasteiger partial charge in [-0.3, -0.25) is 24.4 Å². The number of aromatic nitrogens is 3. The molecule has 0 spiro atoms. The predicted molar refractivity (Wildman–Crippen MR) is 113 cm³/mol. The summed E-state index contributed by atoms with van der Waals surface area (Å²) < 4.78 is 1.70. The van der Waals surface area contributed by atoms with E-state index in [0.717, 1.165) is 22.4 Å². The van der Waals surface area contributed by atoms with E-state index in [9.17, 15) is 19.6 Å². The van der Waals surface area contributed by atoms with E-state index in [4.69, 9.17) is 0 Å². The van der Waals surface area contributed by atoms with E-state index < -0.39 is 11.9 Å². The summed E-state index contributed by atoms with van der Waals surface area (Å²) in [5.74, 6) is -0.952. The zero-order valence-corrected chi connectivity index (χ0v) is 17.2. The predicted octanol–water partition coefficient (Wildman–Crippen LogP) is 1.78. The molecule has 4 heterocycles. The molecule has 0 bridgehead atoms. The number of fused-ring (bicyclic) bond motifs is 1. The number of aryl methyl sites for hydroxylation is 1. The summed E-state index contributed by atoms with van der Waals surface area (Å²) in [5, 5.41) is 15.9. The van der Waals surface area contributed by atoms with Crippen molar-refractivity contribution < 1.29 is 14.4 Å². The first-order valence-electron chi connectivity index (χ1n) is 10.1. The topological polar surface area (TPSA) is 121 Å². The van der Waals surface area contributed by atoms with Gasteiger partial charge in [0.05, 0.1) is 17.6 Å². The van der Waals surface area contributed by atoms with Gasteiger partial charge in [0.2, 0.25) is 11.8 Å². The Labute approximate surface area is 183 Å². The van der Waals surface area contributed by atoms with Gasteiger partial charge < -0.3 is 4.90 Å². The van der Waals surface area contributed by atoms with Crippen molar-refractivity contribution in [3.63, 3.8) is 0 Å². The smallest absolute Gasteiger partial charge is 0.255 e. The first kappa shape index (κ1) is 19.6. The number of pyridine rings is 1. The second kappa shape index (κ2) is 7.42. The van der Waals surface area contributed by atoms with Crippen LogP contribution in [0.1, 0.15) is 34.5 Å². The summed E-state index contributed by atoms with van der Waals surface area (Å²) in [6, 6.07) is 12.2. The lowest BCUT2D eigenvalue weighted by atomic mass is 9.99. The van der Waals surface area contributed by atoms with E-state index in [0.29, 0.717) is 29.9 Å². The molecule has 9 nitrogen and oxygen atoms in total. The number of rotatable bonds is 3. The number of carbonyl (C=O) groups excluding carboxylic acids is 3. The van der Waals surface area contributed by atoms with Gasteiger partial charge in [0.1, 0.15) is 17.8 Å². The van der Waals surface area contributed by atoms with Crippen LogP contribution in [-0.2, 0) is 23.2 Å². The first-order chi connectivity index (χ1) is 15.5. The van der Waals surface area contributed by atoms with Gasteiger partial charge in [0.15, 0.2) is 0 Å². The van der Waals surface area contributed by atoms with Crippen molar-refractivity contribution in [2.45, 2.75) is 25.4 Å². The van der Waals surface area contributed by atoms with E-state index in [2.05, 4.69) is 21.5 Å². The number of hydrogen-bond donors (Lipinski definition) is 1. The van der Waals surface area contributed by atoms with E-state index in [1.54, 1.807) is 36.1 Å². The lowest BCUT2D eigenvalue weighted by Gasteiger charge is -2.29. The summed E-state index contributed by atoms with van der Waals surface area (Å²) in [7, 11) is 1.81. The fraction of sp³-hybridized carbons (Fsp3) is 0.217. The summed E-state index contributed by atoms with van der Waals surface area (Å²) in [4.78, 5) is 42.6. The summed E-state index contributed by atoms with van der Waals surface area (Å²) in [5.41, 5.74) is 4.74. The molecule has 9 heteroatoms. The standard InChI is InChI=1S/C23H18N6O3/c1-28-21(18-4-2-3-15(10-24)26-18)17(11-25-28)13-5-6-16-14(9-13)12-29(23(16)32)19-7-8-20(30)27-22(19)31/h2-6,9,11,19H,7-8,12H2,1H3,(H,27,30,31)/t19-/m0/s1. The van der Waals surface area contributed by atoms with Crippen LogP contribution in [0.4, 0.5) is 0 Å². The van der Waals surface area contributed by atoms with Crippen LogP contribution in [0.15, 0.2) is 42.6 Å². The third-order valence-corrected chi connectivity index (χ3v) is 5.88. The lowest BCUT2D eigenvalue weighted by Crippen LogP contribution is -2.52. The maximum atomic E-state index is 12.9. The number of carbonyl (C=O) groups is 3. The van der Waals surface area contributed by atoms with E-state index in [-0.39, 0.29) is 18.2 Å². The second-order valence-corrected chi connectivity index (χ2v) is 7.82. The minimum Gasteiger partial charge on any atom is -0.322 e. The van der Waals surface area contributed by atoms with E-state index >= 15 is 0 Å². The molecule has 1 saturated heterocycles. The quantitative estimate of drug-likeness (QED) is 0.638. The van der Waals surface area contributed by atoms with Crippen LogP contribution in [0.5, 0.6) is 0 Å². The fourth-order valence-corrected chi connectivity index (χ4v) is 4.32. The fourth-order valence-electron chi connectivity index (χ4n) is 4.32. The average Bonchev–Trinajstić information content (AvgIpc) is 3.33. The number of nitrogens with one attached hydrogen (secondary N) is 1. The third-order valence-electron chi connectivity index (χ3n) is 5.88. The maximum Gasteiger partial charge on any atom is 0.255 e. The summed E-state index contributed by atoms with van der Waals surface area (Å²) in [6.45, 7) is 0.298. The van der Waals surface area contributed by atoms with Crippen molar-refractivity contribution in [1.82, 2.24) is 25.0 Å². The monoisotopic (exact) mass is 426 g/mol. The number of nitriles is 1. The SMILES string of the molecule is Cn1ncc(-c2ccc3c(c2)CN([C@H]2CCC(=O)NC2=O)C3=O)c1-c1cccc(C#N)n1. The molecule has 0 radical (unpaired) electrons. The highest BCUT2D eigenvalue weighted by Gasteiger charge is 2.39. The van der Waals surface area contributed by atoms with Gasteiger partial charge >= 0.3 is 0 Å². The molecule has 0 aliphatic carbocycles. The molecule has 1 N–H and O–H groups in total. The Morgan fingerprint density at radius 2 is 2.00 bits per heavy atom. The lowest BCUT2D eigenvalue weighted by molar-refractivity contribution is -0.136. The number of imide groups is 1. The Morgan fingerprint density at radius 1 is 1.16 bits per heavy atom. The van der Waals surface area contributed by atoms with Crippen LogP contribution >= 0.6 is 0 Å². The zero-order valence-electron chi connectivity index (χ0n) is 17.2. The highest BCUT2D eigenvalue weighted by atomic mass is 16.2. The molecule has 2 aliphatic heterocycles. The minimum absolute atomic E-state index is 0.212. The number of hydrogen-bond acceptors (Lipinski definition) is 6. The molecule has 5 rings (SSSR count). The van der Waals surface area contributed by atoms with Crippen molar-refractivity contribution in [3.05, 3.63) is 59.4 Å². The minimum atomic E-state index is -0.650. The normalized spacial score (nSPS) is 17.8. The van der Waals surface area contributed by atoms with Crippen LogP contribution in [0.3, 0.4) is 0 Å². The second-order valence-electron chi connectivity index (χ2n) is 7.82. The largest absolute Gasteiger partial charge is 0.322 e. The van der Waals surface area contributed by atoms with Crippen LogP contribution in [0.2, 0.25) is 0 Å². The summed E-state index contributed by atoms with van der Waals surface area (Å²) in [6.07, 6.45) is 2.27. The Kier molecular flexibility index (Phi) is 4.56. The van der Waals surface area contributed by atoms with Crippen LogP contribution in [0.25, 0.3) is 22.5 Å². The van der Waals surface area contributed by atoms with E-state index in [1.165, 1.54) is 4.90 Å². The van der Waals surface area contributed by atoms with Gasteiger partial charge in [0.25, 0.3) is 5.91 Å². The van der Waals surface area contributed by atoms with Crippen molar-refractivity contribution in [3.8, 4) is 28.6 Å². The number of nitrogens with zero attached hydrogens (tertiary/aromatic N) is 5. The maximum absolute atomic E-state index is 12.9. The van der Waals surface area contributed by atoms with Crippen molar-refractivity contribution >= 4 is 17.7 Å². The Bertz CT molecular complexity index is 1340.